The van der Waals surface area contributed by atoms with Crippen LogP contribution in [-0.2, 0) is 11.2 Å². The van der Waals surface area contributed by atoms with Gasteiger partial charge in [0.1, 0.15) is 24.0 Å². The largest absolute Gasteiger partial charge is 0.491 e. The number of pyridine rings is 1. The summed E-state index contributed by atoms with van der Waals surface area (Å²) in [7, 11) is 0. The van der Waals surface area contributed by atoms with Gasteiger partial charge in [-0.15, -0.1) is 0 Å². The van der Waals surface area contributed by atoms with E-state index in [0.29, 0.717) is 54.8 Å². The molecule has 8 nitrogen and oxygen atoms in total. The zero-order chi connectivity index (χ0) is 23.8. The maximum absolute atomic E-state index is 13.6. The van der Waals surface area contributed by atoms with Gasteiger partial charge in [-0.25, -0.2) is 4.98 Å². The van der Waals surface area contributed by atoms with E-state index in [0.717, 1.165) is 11.1 Å². The molecule has 0 aliphatic carbocycles. The highest BCUT2D eigenvalue weighted by atomic mass is 35.5. The van der Waals surface area contributed by atoms with Gasteiger partial charge in [0.2, 0.25) is 11.8 Å². The Hall–Kier alpha value is -3.07. The highest BCUT2D eigenvalue weighted by Gasteiger charge is 2.42. The van der Waals surface area contributed by atoms with Gasteiger partial charge in [0.05, 0.1) is 36.6 Å². The SMILES string of the molecule is Cc1cc2c(c(OCCCF)c1Cl)C(=O)N1C[C@@H](Oc3cc4c(cn3)CCC(=O)N4)C[C@@H]1CO2. The van der Waals surface area contributed by atoms with Crippen molar-refractivity contribution >= 4 is 29.1 Å². The van der Waals surface area contributed by atoms with E-state index in [4.69, 9.17) is 25.8 Å². The summed E-state index contributed by atoms with van der Waals surface area (Å²) in [5, 5.41) is 3.16. The standard InChI is InChI=1S/C24H25ClFN3O5/c1-13-7-18-21(23(22(13)25)32-6-2-5-26)24(31)29-11-16(8-15(29)12-33-18)34-20-9-17-14(10-27-20)3-4-19(30)28-17/h7,9-10,15-16H,2-6,8,11-12H2,1H3,(H,28,30)/t15-,16+/m1/s1. The van der Waals surface area contributed by atoms with E-state index < -0.39 is 6.67 Å². The number of halogens is 2. The molecule has 0 unspecified atom stereocenters. The molecule has 1 fully saturated rings. The Morgan fingerprint density at radius 2 is 2.18 bits per heavy atom. The van der Waals surface area contributed by atoms with Crippen LogP contribution in [0.2, 0.25) is 5.02 Å². The predicted octanol–water partition coefficient (Wildman–Crippen LogP) is 3.72. The fourth-order valence-corrected chi connectivity index (χ4v) is 4.79. The molecule has 2 aromatic rings. The van der Waals surface area contributed by atoms with E-state index in [9.17, 15) is 14.0 Å². The maximum atomic E-state index is 13.6. The Balaban J connectivity index is 1.36. The van der Waals surface area contributed by atoms with Gasteiger partial charge in [0.25, 0.3) is 5.91 Å². The lowest BCUT2D eigenvalue weighted by Crippen LogP contribution is -2.37. The molecule has 1 saturated heterocycles. The number of carbonyl (C=O) groups is 2. The molecule has 3 aliphatic heterocycles. The van der Waals surface area contributed by atoms with E-state index >= 15 is 0 Å². The summed E-state index contributed by atoms with van der Waals surface area (Å²) < 4.78 is 30.4. The number of aromatic nitrogens is 1. The minimum atomic E-state index is -0.524. The first-order valence-electron chi connectivity index (χ1n) is 11.4. The van der Waals surface area contributed by atoms with Crippen molar-refractivity contribution in [3.63, 3.8) is 0 Å². The van der Waals surface area contributed by atoms with Gasteiger partial charge in [-0.05, 0) is 30.5 Å². The van der Waals surface area contributed by atoms with E-state index in [1.54, 1.807) is 23.2 Å². The summed E-state index contributed by atoms with van der Waals surface area (Å²) in [5.41, 5.74) is 2.66. The molecule has 0 bridgehead atoms. The minimum Gasteiger partial charge on any atom is -0.491 e. The van der Waals surface area contributed by atoms with E-state index in [2.05, 4.69) is 10.3 Å². The molecule has 0 spiro atoms. The Kier molecular flexibility index (Phi) is 6.20. The van der Waals surface area contributed by atoms with Crippen molar-refractivity contribution < 1.29 is 28.2 Å². The lowest BCUT2D eigenvalue weighted by Gasteiger charge is -2.22. The van der Waals surface area contributed by atoms with Crippen molar-refractivity contribution in [2.24, 2.45) is 0 Å². The number of rotatable bonds is 6. The first-order chi connectivity index (χ1) is 16.4. The Bertz CT molecular complexity index is 1140. The third-order valence-electron chi connectivity index (χ3n) is 6.32. The molecule has 10 heteroatoms. The van der Waals surface area contributed by atoms with Crippen molar-refractivity contribution in [2.75, 3.05) is 31.7 Å². The molecule has 1 aromatic heterocycles. The summed E-state index contributed by atoms with van der Waals surface area (Å²) in [4.78, 5) is 31.4. The van der Waals surface area contributed by atoms with Gasteiger partial charge in [-0.1, -0.05) is 11.6 Å². The van der Waals surface area contributed by atoms with Gasteiger partial charge in [0, 0.05) is 31.5 Å². The number of amides is 2. The first-order valence-corrected chi connectivity index (χ1v) is 11.7. The lowest BCUT2D eigenvalue weighted by molar-refractivity contribution is -0.116. The van der Waals surface area contributed by atoms with Crippen LogP contribution in [0, 0.1) is 6.92 Å². The van der Waals surface area contributed by atoms with Crippen LogP contribution in [0.15, 0.2) is 18.3 Å². The van der Waals surface area contributed by atoms with Gasteiger partial charge in [-0.2, -0.15) is 0 Å². The second-order valence-corrected chi connectivity index (χ2v) is 9.10. The fourth-order valence-electron chi connectivity index (χ4n) is 4.59. The van der Waals surface area contributed by atoms with Crippen LogP contribution in [0.4, 0.5) is 10.1 Å². The molecule has 1 N–H and O–H groups in total. The number of nitrogens with one attached hydrogen (secondary N) is 1. The van der Waals surface area contributed by atoms with Crippen LogP contribution >= 0.6 is 11.6 Å². The number of nitrogens with zero attached hydrogens (tertiary/aromatic N) is 2. The number of alkyl halides is 1. The van der Waals surface area contributed by atoms with E-state index in [1.807, 2.05) is 6.92 Å². The quantitative estimate of drug-likeness (QED) is 0.622. The third-order valence-corrected chi connectivity index (χ3v) is 6.79. The molecule has 0 radical (unpaired) electrons. The topological polar surface area (TPSA) is 90.0 Å². The molecule has 34 heavy (non-hydrogen) atoms. The molecule has 180 valence electrons. The predicted molar refractivity (Wildman–Crippen MR) is 123 cm³/mol. The van der Waals surface area contributed by atoms with Crippen LogP contribution in [0.25, 0.3) is 0 Å². The average Bonchev–Trinajstić information content (AvgIpc) is 3.17. The number of carbonyl (C=O) groups excluding carboxylic acids is 2. The highest BCUT2D eigenvalue weighted by molar-refractivity contribution is 6.33. The molecular formula is C24H25ClFN3O5. The van der Waals surface area contributed by atoms with Crippen molar-refractivity contribution in [2.45, 2.75) is 44.8 Å². The third kappa shape index (κ3) is 4.24. The van der Waals surface area contributed by atoms with E-state index in [1.165, 1.54) is 0 Å². The van der Waals surface area contributed by atoms with Crippen LogP contribution in [0.3, 0.4) is 0 Å². The van der Waals surface area contributed by atoms with Gasteiger partial charge in [0.15, 0.2) is 5.75 Å². The van der Waals surface area contributed by atoms with Gasteiger partial charge < -0.3 is 24.4 Å². The normalized spacial score (nSPS) is 21.1. The van der Waals surface area contributed by atoms with Crippen molar-refractivity contribution in [1.29, 1.82) is 0 Å². The zero-order valence-corrected chi connectivity index (χ0v) is 19.5. The maximum Gasteiger partial charge on any atom is 0.261 e. The van der Waals surface area contributed by atoms with E-state index in [-0.39, 0.29) is 48.3 Å². The lowest BCUT2D eigenvalue weighted by atomic mass is 10.1. The van der Waals surface area contributed by atoms with Crippen molar-refractivity contribution in [3.05, 3.63) is 40.0 Å². The summed E-state index contributed by atoms with van der Waals surface area (Å²) in [5.74, 6) is 0.754. The Morgan fingerprint density at radius 1 is 1.32 bits per heavy atom. The van der Waals surface area contributed by atoms with Crippen LogP contribution < -0.4 is 19.5 Å². The summed E-state index contributed by atoms with van der Waals surface area (Å²) in [6.07, 6.45) is 3.28. The summed E-state index contributed by atoms with van der Waals surface area (Å²) in [6.45, 7) is 2.03. The van der Waals surface area contributed by atoms with Crippen LogP contribution in [0.1, 0.15) is 40.7 Å². The highest BCUT2D eigenvalue weighted by Crippen LogP contribution is 2.42. The average molecular weight is 490 g/mol. The summed E-state index contributed by atoms with van der Waals surface area (Å²) >= 11 is 6.47. The molecule has 2 atom stereocenters. The molecule has 3 aliphatic rings. The number of ether oxygens (including phenoxy) is 3. The minimum absolute atomic E-state index is 0.0289. The monoisotopic (exact) mass is 489 g/mol. The number of fused-ring (bicyclic) bond motifs is 3. The van der Waals surface area contributed by atoms with Gasteiger partial charge in [-0.3, -0.25) is 14.0 Å². The Morgan fingerprint density at radius 3 is 3.00 bits per heavy atom. The van der Waals surface area contributed by atoms with Gasteiger partial charge >= 0.3 is 0 Å². The first kappa shape index (κ1) is 22.7. The zero-order valence-electron chi connectivity index (χ0n) is 18.7. The number of aryl methyl sites for hydroxylation is 2. The van der Waals surface area contributed by atoms with Crippen LogP contribution in [0.5, 0.6) is 17.4 Å². The van der Waals surface area contributed by atoms with Crippen LogP contribution in [-0.4, -0.2) is 60.3 Å². The van der Waals surface area contributed by atoms with Crippen molar-refractivity contribution in [3.8, 4) is 17.4 Å². The van der Waals surface area contributed by atoms with Crippen molar-refractivity contribution in [1.82, 2.24) is 9.88 Å². The second kappa shape index (κ2) is 9.29. The number of anilines is 1. The molecule has 1 aromatic carbocycles. The molecule has 4 heterocycles. The second-order valence-electron chi connectivity index (χ2n) is 8.73. The summed E-state index contributed by atoms with van der Waals surface area (Å²) in [6, 6.07) is 3.27. The Labute approximate surface area is 201 Å². The fraction of sp³-hybridized carbons (Fsp3) is 0.458. The molecule has 0 saturated carbocycles. The number of benzene rings is 1. The molecule has 5 rings (SSSR count). The number of hydrogen-bond acceptors (Lipinski definition) is 6. The number of hydrogen-bond donors (Lipinski definition) is 1. The smallest absolute Gasteiger partial charge is 0.261 e. The molecule has 2 amide bonds. The molecular weight excluding hydrogens is 465 g/mol.